The molecule has 0 atom stereocenters. The number of hydrogen-bond acceptors (Lipinski definition) is 5. The second-order valence-electron chi connectivity index (χ2n) is 7.08. The molecule has 0 bridgehead atoms. The van der Waals surface area contributed by atoms with E-state index in [0.717, 1.165) is 12.1 Å². The van der Waals surface area contributed by atoms with E-state index in [0.29, 0.717) is 23.3 Å². The van der Waals surface area contributed by atoms with Gasteiger partial charge in [0.25, 0.3) is 5.56 Å². The van der Waals surface area contributed by atoms with Gasteiger partial charge in [-0.25, -0.2) is 4.68 Å². The Kier molecular flexibility index (Phi) is 4.83. The summed E-state index contributed by atoms with van der Waals surface area (Å²) in [6, 6.07) is 1.89. The summed E-state index contributed by atoms with van der Waals surface area (Å²) < 4.78 is 8.04. The SMILES string of the molecule is CCOC(=O)Cn1nc(N(C)CC2CC2)n2cc(C(C)C)cc2c1=O. The molecule has 2 aromatic heterocycles. The van der Waals surface area contributed by atoms with Crippen LogP contribution in [0.15, 0.2) is 17.1 Å². The number of carbonyl (C=O) groups excluding carboxylic acids is 1. The first kappa shape index (κ1) is 17.5. The molecule has 7 nitrogen and oxygen atoms in total. The summed E-state index contributed by atoms with van der Waals surface area (Å²) in [5.74, 6) is 1.22. The molecular formula is C18H26N4O3. The van der Waals surface area contributed by atoms with Crippen molar-refractivity contribution in [3.05, 3.63) is 28.2 Å². The van der Waals surface area contributed by atoms with E-state index in [1.165, 1.54) is 17.5 Å². The average molecular weight is 346 g/mol. The fourth-order valence-corrected chi connectivity index (χ4v) is 2.93. The minimum atomic E-state index is -0.451. The lowest BCUT2D eigenvalue weighted by Crippen LogP contribution is -2.33. The molecule has 2 heterocycles. The van der Waals surface area contributed by atoms with Crippen molar-refractivity contribution in [2.24, 2.45) is 5.92 Å². The molecule has 0 radical (unpaired) electrons. The van der Waals surface area contributed by atoms with Crippen LogP contribution in [0.2, 0.25) is 0 Å². The van der Waals surface area contributed by atoms with Crippen molar-refractivity contribution in [3.8, 4) is 0 Å². The van der Waals surface area contributed by atoms with E-state index in [1.54, 1.807) is 6.92 Å². The standard InChI is InChI=1S/C18H26N4O3/c1-5-25-16(23)11-22-17(24)15-8-14(12(2)3)10-21(15)18(19-22)20(4)9-13-6-7-13/h8,10,12-13H,5-7,9,11H2,1-4H3. The normalized spacial score (nSPS) is 14.3. The van der Waals surface area contributed by atoms with Gasteiger partial charge in [0, 0.05) is 19.8 Å². The first-order valence-corrected chi connectivity index (χ1v) is 8.90. The van der Waals surface area contributed by atoms with Crippen molar-refractivity contribution < 1.29 is 9.53 Å². The lowest BCUT2D eigenvalue weighted by atomic mass is 10.1. The van der Waals surface area contributed by atoms with E-state index in [9.17, 15) is 9.59 Å². The van der Waals surface area contributed by atoms with Crippen LogP contribution in [0, 0.1) is 5.92 Å². The number of esters is 1. The van der Waals surface area contributed by atoms with Crippen LogP contribution in [0.5, 0.6) is 0 Å². The highest BCUT2D eigenvalue weighted by molar-refractivity contribution is 5.69. The lowest BCUT2D eigenvalue weighted by molar-refractivity contribution is -0.144. The molecular weight excluding hydrogens is 320 g/mol. The Morgan fingerprint density at radius 2 is 2.16 bits per heavy atom. The van der Waals surface area contributed by atoms with Crippen LogP contribution in [0.4, 0.5) is 5.95 Å². The van der Waals surface area contributed by atoms with E-state index in [-0.39, 0.29) is 18.7 Å². The number of fused-ring (bicyclic) bond motifs is 1. The van der Waals surface area contributed by atoms with Crippen molar-refractivity contribution in [1.29, 1.82) is 0 Å². The van der Waals surface area contributed by atoms with E-state index in [4.69, 9.17) is 4.74 Å². The third-order valence-corrected chi connectivity index (χ3v) is 4.54. The molecule has 1 aliphatic rings. The minimum absolute atomic E-state index is 0.171. The summed E-state index contributed by atoms with van der Waals surface area (Å²) in [6.45, 7) is 6.94. The van der Waals surface area contributed by atoms with Gasteiger partial charge in [-0.05, 0) is 43.2 Å². The first-order chi connectivity index (χ1) is 11.9. The quantitative estimate of drug-likeness (QED) is 0.718. The summed E-state index contributed by atoms with van der Waals surface area (Å²) in [5, 5.41) is 4.47. The second-order valence-corrected chi connectivity index (χ2v) is 7.08. The topological polar surface area (TPSA) is 68.8 Å². The highest BCUT2D eigenvalue weighted by atomic mass is 16.5. The molecule has 1 fully saturated rings. The maximum Gasteiger partial charge on any atom is 0.327 e. The third kappa shape index (κ3) is 3.70. The van der Waals surface area contributed by atoms with Crippen LogP contribution in [0.3, 0.4) is 0 Å². The zero-order chi connectivity index (χ0) is 18.1. The summed E-state index contributed by atoms with van der Waals surface area (Å²) in [5.41, 5.74) is 1.35. The van der Waals surface area contributed by atoms with Crippen molar-refractivity contribution in [2.45, 2.75) is 46.1 Å². The smallest absolute Gasteiger partial charge is 0.327 e. The first-order valence-electron chi connectivity index (χ1n) is 8.90. The number of hydrogen-bond donors (Lipinski definition) is 0. The Morgan fingerprint density at radius 1 is 1.44 bits per heavy atom. The van der Waals surface area contributed by atoms with Crippen molar-refractivity contribution in [2.75, 3.05) is 25.1 Å². The number of rotatable bonds is 7. The Labute approximate surface area is 147 Å². The summed E-state index contributed by atoms with van der Waals surface area (Å²) >= 11 is 0. The maximum atomic E-state index is 12.8. The van der Waals surface area contributed by atoms with Crippen LogP contribution >= 0.6 is 0 Å². The molecule has 0 aromatic carbocycles. The minimum Gasteiger partial charge on any atom is -0.465 e. The summed E-state index contributed by atoms with van der Waals surface area (Å²) in [6.07, 6.45) is 4.44. The Bertz CT molecular complexity index is 833. The largest absolute Gasteiger partial charge is 0.465 e. The molecule has 136 valence electrons. The van der Waals surface area contributed by atoms with Gasteiger partial charge < -0.3 is 9.64 Å². The lowest BCUT2D eigenvalue weighted by Gasteiger charge is -2.20. The molecule has 25 heavy (non-hydrogen) atoms. The van der Waals surface area contributed by atoms with Crippen LogP contribution in [-0.2, 0) is 16.1 Å². The third-order valence-electron chi connectivity index (χ3n) is 4.54. The Balaban J connectivity index is 2.08. The van der Waals surface area contributed by atoms with E-state index >= 15 is 0 Å². The number of ether oxygens (including phenoxy) is 1. The monoisotopic (exact) mass is 346 g/mol. The molecule has 0 unspecified atom stereocenters. The van der Waals surface area contributed by atoms with Crippen LogP contribution in [0.1, 0.15) is 45.1 Å². The van der Waals surface area contributed by atoms with Gasteiger partial charge in [0.2, 0.25) is 5.95 Å². The van der Waals surface area contributed by atoms with Crippen LogP contribution in [-0.4, -0.2) is 40.3 Å². The molecule has 3 rings (SSSR count). The van der Waals surface area contributed by atoms with Gasteiger partial charge in [-0.15, -0.1) is 5.10 Å². The fourth-order valence-electron chi connectivity index (χ4n) is 2.93. The Hall–Kier alpha value is -2.31. The maximum absolute atomic E-state index is 12.8. The zero-order valence-electron chi connectivity index (χ0n) is 15.4. The number of anilines is 1. The highest BCUT2D eigenvalue weighted by Crippen LogP contribution is 2.30. The molecule has 1 aliphatic carbocycles. The van der Waals surface area contributed by atoms with E-state index in [2.05, 4.69) is 23.8 Å². The van der Waals surface area contributed by atoms with Gasteiger partial charge in [-0.1, -0.05) is 13.8 Å². The molecule has 0 saturated heterocycles. The summed E-state index contributed by atoms with van der Waals surface area (Å²) in [7, 11) is 1.98. The van der Waals surface area contributed by atoms with Gasteiger partial charge in [0.05, 0.1) is 6.61 Å². The van der Waals surface area contributed by atoms with Crippen LogP contribution in [0.25, 0.3) is 5.52 Å². The molecule has 0 aliphatic heterocycles. The molecule has 0 N–H and O–H groups in total. The van der Waals surface area contributed by atoms with Crippen molar-refractivity contribution in [1.82, 2.24) is 14.2 Å². The number of nitrogens with zero attached hydrogens (tertiary/aromatic N) is 4. The van der Waals surface area contributed by atoms with Crippen LogP contribution < -0.4 is 10.5 Å². The molecule has 1 saturated carbocycles. The van der Waals surface area contributed by atoms with Gasteiger partial charge in [0.1, 0.15) is 12.1 Å². The van der Waals surface area contributed by atoms with Gasteiger partial charge >= 0.3 is 5.97 Å². The van der Waals surface area contributed by atoms with Gasteiger partial charge in [0.15, 0.2) is 0 Å². The summed E-state index contributed by atoms with van der Waals surface area (Å²) in [4.78, 5) is 26.7. The van der Waals surface area contributed by atoms with Gasteiger partial charge in [-0.3, -0.25) is 14.0 Å². The van der Waals surface area contributed by atoms with Crippen molar-refractivity contribution in [3.63, 3.8) is 0 Å². The fraction of sp³-hybridized carbons (Fsp3) is 0.611. The van der Waals surface area contributed by atoms with E-state index in [1.807, 2.05) is 23.7 Å². The van der Waals surface area contributed by atoms with Gasteiger partial charge in [-0.2, -0.15) is 0 Å². The average Bonchev–Trinajstić information content (AvgIpc) is 3.24. The van der Waals surface area contributed by atoms with Crippen molar-refractivity contribution >= 4 is 17.4 Å². The molecule has 0 spiro atoms. The zero-order valence-corrected chi connectivity index (χ0v) is 15.4. The predicted molar refractivity (Wildman–Crippen MR) is 96.2 cm³/mol. The predicted octanol–water partition coefficient (Wildman–Crippen LogP) is 2.03. The molecule has 7 heteroatoms. The molecule has 0 amide bonds. The van der Waals surface area contributed by atoms with E-state index < -0.39 is 5.97 Å². The molecule has 2 aromatic rings. The highest BCUT2D eigenvalue weighted by Gasteiger charge is 2.25. The second kappa shape index (κ2) is 6.90. The number of aromatic nitrogens is 3. The Morgan fingerprint density at radius 3 is 2.76 bits per heavy atom. The number of carbonyl (C=O) groups is 1.